The molecule has 1 saturated heterocycles. The van der Waals surface area contributed by atoms with Gasteiger partial charge in [0.1, 0.15) is 4.90 Å². The largest absolute Gasteiger partial charge is 0.355 e. The lowest BCUT2D eigenvalue weighted by Gasteiger charge is -2.32. The maximum Gasteiger partial charge on any atom is 0.285 e. The second kappa shape index (κ2) is 6.98. The zero-order chi connectivity index (χ0) is 19.0. The summed E-state index contributed by atoms with van der Waals surface area (Å²) in [6, 6.07) is 13.9. The van der Waals surface area contributed by atoms with Gasteiger partial charge >= 0.3 is 0 Å². The number of halogens is 1. The molecule has 0 spiro atoms. The first-order valence-corrected chi connectivity index (χ1v) is 10.5. The first-order chi connectivity index (χ1) is 12.9. The number of fused-ring (bicyclic) bond motifs is 1. The molecule has 27 heavy (non-hydrogen) atoms. The molecule has 140 valence electrons. The number of anilines is 1. The fourth-order valence-electron chi connectivity index (χ4n) is 3.48. The summed E-state index contributed by atoms with van der Waals surface area (Å²) in [5, 5.41) is 3.47. The predicted octanol–water partition coefficient (Wildman–Crippen LogP) is 3.14. The molecule has 0 aliphatic carbocycles. The van der Waals surface area contributed by atoms with Gasteiger partial charge in [0.2, 0.25) is 5.91 Å². The minimum atomic E-state index is -3.62. The Bertz CT molecular complexity index is 1030. The number of hydrogen-bond donors (Lipinski definition) is 1. The first kappa shape index (κ1) is 18.0. The van der Waals surface area contributed by atoms with Crippen LogP contribution in [0.5, 0.6) is 0 Å². The number of nitrogens with one attached hydrogen (secondary N) is 1. The third-order valence-corrected chi connectivity index (χ3v) is 6.43. The molecule has 2 heterocycles. The van der Waals surface area contributed by atoms with Crippen molar-refractivity contribution in [2.24, 2.45) is 10.3 Å². The number of piperidine rings is 1. The lowest BCUT2D eigenvalue weighted by molar-refractivity contribution is -0.120. The SMILES string of the molecule is O=C(Nc1cccc(Cl)c1)C1CCN(C2=NS(=O)(=O)c3ccccc32)CC1. The van der Waals surface area contributed by atoms with E-state index in [-0.39, 0.29) is 16.7 Å². The van der Waals surface area contributed by atoms with Crippen molar-refractivity contribution in [2.75, 3.05) is 18.4 Å². The quantitative estimate of drug-likeness (QED) is 0.835. The molecule has 6 nitrogen and oxygen atoms in total. The van der Waals surface area contributed by atoms with Crippen LogP contribution in [-0.4, -0.2) is 38.2 Å². The summed E-state index contributed by atoms with van der Waals surface area (Å²) >= 11 is 5.95. The molecule has 2 aromatic carbocycles. The number of sulfonamides is 1. The standard InChI is InChI=1S/C19H18ClN3O3S/c20-14-4-3-5-15(12-14)21-19(24)13-8-10-23(11-9-13)18-16-6-1-2-7-17(16)27(25,26)22-18/h1-7,12-13H,8-11H2,(H,21,24). The smallest absolute Gasteiger partial charge is 0.285 e. The van der Waals surface area contributed by atoms with Crippen molar-refractivity contribution in [3.8, 4) is 0 Å². The van der Waals surface area contributed by atoms with Crippen LogP contribution in [-0.2, 0) is 14.8 Å². The number of rotatable bonds is 2. The van der Waals surface area contributed by atoms with Crippen LogP contribution in [0.25, 0.3) is 0 Å². The maximum atomic E-state index is 12.5. The maximum absolute atomic E-state index is 12.5. The zero-order valence-electron chi connectivity index (χ0n) is 14.4. The minimum absolute atomic E-state index is 0.0432. The van der Waals surface area contributed by atoms with E-state index in [2.05, 4.69) is 9.71 Å². The Kier molecular flexibility index (Phi) is 4.65. The van der Waals surface area contributed by atoms with Crippen LogP contribution in [0.2, 0.25) is 5.02 Å². The monoisotopic (exact) mass is 403 g/mol. The highest BCUT2D eigenvalue weighted by Gasteiger charge is 2.34. The van der Waals surface area contributed by atoms with Gasteiger partial charge in [0, 0.05) is 35.3 Å². The fraction of sp³-hybridized carbons (Fsp3) is 0.263. The van der Waals surface area contributed by atoms with E-state index in [1.807, 2.05) is 4.90 Å². The second-order valence-corrected chi connectivity index (χ2v) is 8.66. The molecule has 2 aromatic rings. The lowest BCUT2D eigenvalue weighted by atomic mass is 9.95. The van der Waals surface area contributed by atoms with E-state index < -0.39 is 10.0 Å². The zero-order valence-corrected chi connectivity index (χ0v) is 16.0. The van der Waals surface area contributed by atoms with Crippen molar-refractivity contribution in [3.05, 3.63) is 59.1 Å². The molecular formula is C19H18ClN3O3S. The van der Waals surface area contributed by atoms with Gasteiger partial charge in [0.25, 0.3) is 10.0 Å². The minimum Gasteiger partial charge on any atom is -0.355 e. The Balaban J connectivity index is 1.43. The van der Waals surface area contributed by atoms with Crippen LogP contribution in [0.1, 0.15) is 18.4 Å². The van der Waals surface area contributed by atoms with Crippen LogP contribution in [0, 0.1) is 5.92 Å². The molecule has 0 unspecified atom stereocenters. The van der Waals surface area contributed by atoms with E-state index in [1.165, 1.54) is 0 Å². The predicted molar refractivity (Wildman–Crippen MR) is 105 cm³/mol. The summed E-state index contributed by atoms with van der Waals surface area (Å²) in [5.41, 5.74) is 1.31. The molecule has 2 aliphatic heterocycles. The van der Waals surface area contributed by atoms with E-state index in [0.29, 0.717) is 48.0 Å². The number of hydrogen-bond acceptors (Lipinski definition) is 4. The summed E-state index contributed by atoms with van der Waals surface area (Å²) < 4.78 is 28.4. The Labute approximate surface area is 162 Å². The van der Waals surface area contributed by atoms with Gasteiger partial charge in [-0.3, -0.25) is 4.79 Å². The highest BCUT2D eigenvalue weighted by Crippen LogP contribution is 2.30. The molecule has 0 aromatic heterocycles. The third kappa shape index (κ3) is 3.57. The summed E-state index contributed by atoms with van der Waals surface area (Å²) in [4.78, 5) is 14.7. The molecular weight excluding hydrogens is 386 g/mol. The lowest BCUT2D eigenvalue weighted by Crippen LogP contribution is -2.41. The molecule has 1 amide bonds. The summed E-state index contributed by atoms with van der Waals surface area (Å²) in [6.45, 7) is 1.16. The number of amidine groups is 1. The second-order valence-electron chi connectivity index (χ2n) is 6.65. The Hall–Kier alpha value is -2.38. The summed E-state index contributed by atoms with van der Waals surface area (Å²) in [5.74, 6) is 0.312. The number of carbonyl (C=O) groups is 1. The van der Waals surface area contributed by atoms with E-state index >= 15 is 0 Å². The average Bonchev–Trinajstić information content (AvgIpc) is 2.93. The van der Waals surface area contributed by atoms with Crippen LogP contribution < -0.4 is 5.32 Å². The van der Waals surface area contributed by atoms with Gasteiger partial charge in [0.05, 0.1) is 0 Å². The molecule has 0 atom stereocenters. The van der Waals surface area contributed by atoms with Crippen LogP contribution in [0.3, 0.4) is 0 Å². The molecule has 0 radical (unpaired) electrons. The topological polar surface area (TPSA) is 78.8 Å². The average molecular weight is 404 g/mol. The van der Waals surface area contributed by atoms with E-state index in [9.17, 15) is 13.2 Å². The molecule has 1 N–H and O–H groups in total. The molecule has 0 bridgehead atoms. The summed E-state index contributed by atoms with van der Waals surface area (Å²) in [6.07, 6.45) is 1.27. The van der Waals surface area contributed by atoms with E-state index in [4.69, 9.17) is 11.6 Å². The van der Waals surface area contributed by atoms with E-state index in [1.54, 1.807) is 48.5 Å². The Morgan fingerprint density at radius 3 is 2.59 bits per heavy atom. The molecule has 1 fully saturated rings. The van der Waals surface area contributed by atoms with Crippen LogP contribution in [0.15, 0.2) is 57.8 Å². The Morgan fingerprint density at radius 1 is 1.11 bits per heavy atom. The number of benzene rings is 2. The highest BCUT2D eigenvalue weighted by atomic mass is 35.5. The molecule has 4 rings (SSSR count). The van der Waals surface area contributed by atoms with Gasteiger partial charge in [-0.2, -0.15) is 8.42 Å². The third-order valence-electron chi connectivity index (χ3n) is 4.87. The Morgan fingerprint density at radius 2 is 1.85 bits per heavy atom. The molecule has 2 aliphatic rings. The highest BCUT2D eigenvalue weighted by molar-refractivity contribution is 7.90. The van der Waals surface area contributed by atoms with Crippen molar-refractivity contribution in [3.63, 3.8) is 0 Å². The molecule has 0 saturated carbocycles. The van der Waals surface area contributed by atoms with Gasteiger partial charge in [-0.25, -0.2) is 0 Å². The van der Waals surface area contributed by atoms with Crippen molar-refractivity contribution < 1.29 is 13.2 Å². The summed E-state index contributed by atoms with van der Waals surface area (Å²) in [7, 11) is -3.62. The normalized spacial score (nSPS) is 18.7. The van der Waals surface area contributed by atoms with Gasteiger partial charge in [-0.1, -0.05) is 29.8 Å². The number of nitrogens with zero attached hydrogens (tertiary/aromatic N) is 2. The van der Waals surface area contributed by atoms with Gasteiger partial charge < -0.3 is 10.2 Å². The van der Waals surface area contributed by atoms with Crippen molar-refractivity contribution >= 4 is 39.1 Å². The van der Waals surface area contributed by atoms with Gasteiger partial charge in [-0.15, -0.1) is 4.40 Å². The molecule has 8 heteroatoms. The number of likely N-dealkylation sites (tertiary alicyclic amines) is 1. The van der Waals surface area contributed by atoms with Crippen molar-refractivity contribution in [1.82, 2.24) is 4.90 Å². The van der Waals surface area contributed by atoms with Gasteiger partial charge in [0.15, 0.2) is 5.84 Å². The van der Waals surface area contributed by atoms with Crippen LogP contribution in [0.4, 0.5) is 5.69 Å². The van der Waals surface area contributed by atoms with Crippen molar-refractivity contribution in [1.29, 1.82) is 0 Å². The number of carbonyl (C=O) groups excluding carboxylic acids is 1. The van der Waals surface area contributed by atoms with Crippen molar-refractivity contribution in [2.45, 2.75) is 17.7 Å². The number of amides is 1. The van der Waals surface area contributed by atoms with Crippen LogP contribution >= 0.6 is 11.6 Å². The van der Waals surface area contributed by atoms with Gasteiger partial charge in [-0.05, 0) is 43.2 Å². The first-order valence-electron chi connectivity index (χ1n) is 8.70. The fourth-order valence-corrected chi connectivity index (χ4v) is 4.90. The van der Waals surface area contributed by atoms with E-state index in [0.717, 1.165) is 0 Å².